The minimum absolute atomic E-state index is 0.0215. The molecule has 0 saturated carbocycles. The SMILES string of the molecule is O=C(NCc1ccccc1F)C1CCN(C(=O)Cc2ccc(F)cc2)CC1. The maximum atomic E-state index is 13.6. The summed E-state index contributed by atoms with van der Waals surface area (Å²) in [6, 6.07) is 12.3. The Morgan fingerprint density at radius 3 is 2.33 bits per heavy atom. The lowest BCUT2D eigenvalue weighted by Gasteiger charge is -2.31. The van der Waals surface area contributed by atoms with Gasteiger partial charge >= 0.3 is 0 Å². The number of halogens is 2. The zero-order valence-electron chi connectivity index (χ0n) is 15.0. The lowest BCUT2D eigenvalue weighted by Crippen LogP contribution is -2.43. The van der Waals surface area contributed by atoms with Gasteiger partial charge in [0.05, 0.1) is 6.42 Å². The first kappa shape index (κ1) is 19.0. The molecule has 1 heterocycles. The molecule has 2 aromatic rings. The van der Waals surface area contributed by atoms with Crippen molar-refractivity contribution >= 4 is 11.8 Å². The minimum Gasteiger partial charge on any atom is -0.352 e. The Bertz CT molecular complexity index is 800. The van der Waals surface area contributed by atoms with Crippen molar-refractivity contribution in [3.8, 4) is 0 Å². The highest BCUT2D eigenvalue weighted by molar-refractivity contribution is 5.81. The van der Waals surface area contributed by atoms with Crippen molar-refractivity contribution in [3.63, 3.8) is 0 Å². The van der Waals surface area contributed by atoms with E-state index in [1.165, 1.54) is 18.2 Å². The molecule has 0 unspecified atom stereocenters. The number of nitrogens with one attached hydrogen (secondary N) is 1. The van der Waals surface area contributed by atoms with E-state index >= 15 is 0 Å². The highest BCUT2D eigenvalue weighted by atomic mass is 19.1. The van der Waals surface area contributed by atoms with Crippen LogP contribution < -0.4 is 5.32 Å². The van der Waals surface area contributed by atoms with Gasteiger partial charge in [0.2, 0.25) is 11.8 Å². The van der Waals surface area contributed by atoms with Crippen molar-refractivity contribution in [3.05, 3.63) is 71.3 Å². The molecule has 27 heavy (non-hydrogen) atoms. The van der Waals surface area contributed by atoms with E-state index in [4.69, 9.17) is 0 Å². The summed E-state index contributed by atoms with van der Waals surface area (Å²) in [4.78, 5) is 26.4. The van der Waals surface area contributed by atoms with Gasteiger partial charge in [0.25, 0.3) is 0 Å². The second-order valence-corrected chi connectivity index (χ2v) is 6.77. The Balaban J connectivity index is 1.45. The first-order chi connectivity index (χ1) is 13.0. The fourth-order valence-electron chi connectivity index (χ4n) is 3.25. The van der Waals surface area contributed by atoms with Crippen LogP contribution in [0.2, 0.25) is 0 Å². The van der Waals surface area contributed by atoms with Crippen LogP contribution in [-0.4, -0.2) is 29.8 Å². The van der Waals surface area contributed by atoms with Gasteiger partial charge in [-0.3, -0.25) is 9.59 Å². The number of hydrogen-bond acceptors (Lipinski definition) is 2. The molecule has 0 aromatic heterocycles. The van der Waals surface area contributed by atoms with Crippen LogP contribution in [-0.2, 0) is 22.6 Å². The van der Waals surface area contributed by atoms with Crippen LogP contribution in [0.5, 0.6) is 0 Å². The maximum absolute atomic E-state index is 13.6. The van der Waals surface area contributed by atoms with Gasteiger partial charge in [0, 0.05) is 31.1 Å². The monoisotopic (exact) mass is 372 g/mol. The van der Waals surface area contributed by atoms with Crippen molar-refractivity contribution in [2.75, 3.05) is 13.1 Å². The number of likely N-dealkylation sites (tertiary alicyclic amines) is 1. The van der Waals surface area contributed by atoms with Crippen molar-refractivity contribution < 1.29 is 18.4 Å². The van der Waals surface area contributed by atoms with Crippen molar-refractivity contribution in [2.24, 2.45) is 5.92 Å². The number of hydrogen-bond donors (Lipinski definition) is 1. The van der Waals surface area contributed by atoms with Crippen LogP contribution in [0.15, 0.2) is 48.5 Å². The second kappa shape index (κ2) is 8.75. The van der Waals surface area contributed by atoms with E-state index in [-0.39, 0.29) is 42.3 Å². The second-order valence-electron chi connectivity index (χ2n) is 6.77. The Morgan fingerprint density at radius 2 is 1.67 bits per heavy atom. The lowest BCUT2D eigenvalue weighted by atomic mass is 9.95. The van der Waals surface area contributed by atoms with Gasteiger partial charge in [-0.1, -0.05) is 30.3 Å². The highest BCUT2D eigenvalue weighted by Crippen LogP contribution is 2.19. The third-order valence-corrected chi connectivity index (χ3v) is 4.90. The summed E-state index contributed by atoms with van der Waals surface area (Å²) in [5.41, 5.74) is 1.23. The van der Waals surface area contributed by atoms with Gasteiger partial charge in [0.1, 0.15) is 11.6 Å². The number of amides is 2. The van der Waals surface area contributed by atoms with Crippen LogP contribution in [0.25, 0.3) is 0 Å². The number of rotatable bonds is 5. The molecule has 2 aromatic carbocycles. The number of carbonyl (C=O) groups excluding carboxylic acids is 2. The number of piperidine rings is 1. The summed E-state index contributed by atoms with van der Waals surface area (Å²) in [6.07, 6.45) is 1.39. The molecular formula is C21H22F2N2O2. The van der Waals surface area contributed by atoms with Crippen molar-refractivity contribution in [2.45, 2.75) is 25.8 Å². The van der Waals surface area contributed by atoms with E-state index in [0.717, 1.165) is 5.56 Å². The minimum atomic E-state index is -0.334. The molecule has 0 aliphatic carbocycles. The van der Waals surface area contributed by atoms with Crippen LogP contribution in [0, 0.1) is 17.6 Å². The molecular weight excluding hydrogens is 350 g/mol. The molecule has 0 atom stereocenters. The van der Waals surface area contributed by atoms with E-state index in [0.29, 0.717) is 31.5 Å². The Kier molecular flexibility index (Phi) is 6.16. The fraction of sp³-hybridized carbons (Fsp3) is 0.333. The molecule has 2 amide bonds. The predicted octanol–water partition coefficient (Wildman–Crippen LogP) is 3.06. The highest BCUT2D eigenvalue weighted by Gasteiger charge is 2.27. The summed E-state index contributed by atoms with van der Waals surface area (Å²) < 4.78 is 26.5. The molecule has 1 fully saturated rings. The van der Waals surface area contributed by atoms with Crippen LogP contribution in [0.4, 0.5) is 8.78 Å². The molecule has 3 rings (SSSR count). The number of nitrogens with zero attached hydrogens (tertiary/aromatic N) is 1. The van der Waals surface area contributed by atoms with Crippen LogP contribution >= 0.6 is 0 Å². The Morgan fingerprint density at radius 1 is 1.00 bits per heavy atom. The van der Waals surface area contributed by atoms with Gasteiger partial charge in [-0.2, -0.15) is 0 Å². The quantitative estimate of drug-likeness (QED) is 0.877. The topological polar surface area (TPSA) is 49.4 Å². The van der Waals surface area contributed by atoms with Gasteiger partial charge < -0.3 is 10.2 Å². The normalized spacial score (nSPS) is 14.8. The zero-order valence-corrected chi connectivity index (χ0v) is 15.0. The first-order valence-electron chi connectivity index (χ1n) is 9.06. The summed E-state index contributed by atoms with van der Waals surface area (Å²) in [5, 5.41) is 2.78. The summed E-state index contributed by atoms with van der Waals surface area (Å²) in [5.74, 6) is -0.963. The first-order valence-corrected chi connectivity index (χ1v) is 9.06. The number of carbonyl (C=O) groups is 2. The van der Waals surface area contributed by atoms with E-state index in [1.54, 1.807) is 35.2 Å². The summed E-state index contributed by atoms with van der Waals surface area (Å²) in [7, 11) is 0. The predicted molar refractivity (Wildman–Crippen MR) is 97.7 cm³/mol. The third-order valence-electron chi connectivity index (χ3n) is 4.90. The molecule has 0 spiro atoms. The fourth-order valence-corrected chi connectivity index (χ4v) is 3.25. The molecule has 1 N–H and O–H groups in total. The maximum Gasteiger partial charge on any atom is 0.226 e. The zero-order chi connectivity index (χ0) is 19.2. The average Bonchev–Trinajstić information content (AvgIpc) is 2.69. The van der Waals surface area contributed by atoms with Crippen molar-refractivity contribution in [1.82, 2.24) is 10.2 Å². The van der Waals surface area contributed by atoms with Gasteiger partial charge in [-0.25, -0.2) is 8.78 Å². The molecule has 4 nitrogen and oxygen atoms in total. The third kappa shape index (κ3) is 5.12. The van der Waals surface area contributed by atoms with E-state index in [1.807, 2.05) is 0 Å². The Hall–Kier alpha value is -2.76. The Labute approximate surface area is 157 Å². The number of benzene rings is 2. The average molecular weight is 372 g/mol. The summed E-state index contributed by atoms with van der Waals surface area (Å²) in [6.45, 7) is 1.19. The lowest BCUT2D eigenvalue weighted by molar-refractivity contribution is -0.135. The molecule has 1 saturated heterocycles. The summed E-state index contributed by atoms with van der Waals surface area (Å²) >= 11 is 0. The van der Waals surface area contributed by atoms with Gasteiger partial charge in [-0.05, 0) is 36.6 Å². The largest absolute Gasteiger partial charge is 0.352 e. The molecule has 0 radical (unpaired) electrons. The molecule has 1 aliphatic rings. The van der Waals surface area contributed by atoms with E-state index in [2.05, 4.69) is 5.32 Å². The van der Waals surface area contributed by atoms with E-state index in [9.17, 15) is 18.4 Å². The van der Waals surface area contributed by atoms with Crippen molar-refractivity contribution in [1.29, 1.82) is 0 Å². The molecule has 142 valence electrons. The van der Waals surface area contributed by atoms with Crippen LogP contribution in [0.3, 0.4) is 0 Å². The molecule has 1 aliphatic heterocycles. The molecule has 6 heteroatoms. The van der Waals surface area contributed by atoms with Gasteiger partial charge in [0.15, 0.2) is 0 Å². The smallest absolute Gasteiger partial charge is 0.226 e. The van der Waals surface area contributed by atoms with Gasteiger partial charge in [-0.15, -0.1) is 0 Å². The van der Waals surface area contributed by atoms with E-state index < -0.39 is 0 Å². The van der Waals surface area contributed by atoms with Crippen LogP contribution in [0.1, 0.15) is 24.0 Å². The standard InChI is InChI=1S/C21H22F2N2O2/c22-18-7-5-15(6-8-18)13-20(26)25-11-9-16(10-12-25)21(27)24-14-17-3-1-2-4-19(17)23/h1-8,16H,9-14H2,(H,24,27). The molecule has 0 bridgehead atoms.